The van der Waals surface area contributed by atoms with Crippen LogP contribution in [-0.4, -0.2) is 45.7 Å². The lowest BCUT2D eigenvalue weighted by Gasteiger charge is -2.23. The molecule has 0 aliphatic heterocycles. The summed E-state index contributed by atoms with van der Waals surface area (Å²) < 4.78 is 28.7. The van der Waals surface area contributed by atoms with Gasteiger partial charge in [-0.3, -0.25) is 0 Å². The van der Waals surface area contributed by atoms with Crippen LogP contribution in [0.5, 0.6) is 0 Å². The molecule has 0 fully saturated rings. The highest BCUT2D eigenvalue weighted by atomic mass is 32.2. The Morgan fingerprint density at radius 3 is 2.38 bits per heavy atom. The second-order valence-corrected chi connectivity index (χ2v) is 6.51. The lowest BCUT2D eigenvalue weighted by atomic mass is 10.1. The third kappa shape index (κ3) is 5.27. The van der Waals surface area contributed by atoms with E-state index in [0.717, 1.165) is 19.4 Å². The highest BCUT2D eigenvalue weighted by Gasteiger charge is 2.27. The Morgan fingerprint density at radius 2 is 1.94 bits per heavy atom. The Bertz CT molecular complexity index is 264. The van der Waals surface area contributed by atoms with Gasteiger partial charge in [-0.1, -0.05) is 13.8 Å². The molecule has 0 aromatic heterocycles. The Labute approximate surface area is 99.7 Å². The van der Waals surface area contributed by atoms with E-state index in [2.05, 4.69) is 12.2 Å². The SMILES string of the molecule is CCCNC(CC)C(C)S(=O)(=O)CCOC. The summed E-state index contributed by atoms with van der Waals surface area (Å²) in [5, 5.41) is 2.93. The van der Waals surface area contributed by atoms with E-state index >= 15 is 0 Å². The van der Waals surface area contributed by atoms with Gasteiger partial charge in [0.2, 0.25) is 0 Å². The minimum absolute atomic E-state index is 0.0433. The molecule has 0 aliphatic rings. The number of nitrogens with one attached hydrogen (secondary N) is 1. The molecule has 2 atom stereocenters. The zero-order chi connectivity index (χ0) is 12.6. The van der Waals surface area contributed by atoms with Gasteiger partial charge in [-0.2, -0.15) is 0 Å². The molecule has 0 radical (unpaired) electrons. The van der Waals surface area contributed by atoms with E-state index in [0.29, 0.717) is 0 Å². The second-order valence-electron chi connectivity index (χ2n) is 4.03. The summed E-state index contributed by atoms with van der Waals surface area (Å²) in [4.78, 5) is 0. The van der Waals surface area contributed by atoms with Crippen LogP contribution in [0.2, 0.25) is 0 Å². The first-order chi connectivity index (χ1) is 7.49. The summed E-state index contributed by atoms with van der Waals surface area (Å²) in [5.74, 6) is 0.106. The molecule has 4 nitrogen and oxygen atoms in total. The van der Waals surface area contributed by atoms with Crippen LogP contribution >= 0.6 is 0 Å². The number of hydrogen-bond acceptors (Lipinski definition) is 4. The van der Waals surface area contributed by atoms with Crippen molar-refractivity contribution in [3.8, 4) is 0 Å². The second kappa shape index (κ2) is 8.03. The van der Waals surface area contributed by atoms with Gasteiger partial charge < -0.3 is 10.1 Å². The molecule has 2 unspecified atom stereocenters. The largest absolute Gasteiger partial charge is 0.384 e. The first-order valence-electron chi connectivity index (χ1n) is 5.93. The summed E-state index contributed by atoms with van der Waals surface area (Å²) in [6, 6.07) is 0.0433. The topological polar surface area (TPSA) is 55.4 Å². The summed E-state index contributed by atoms with van der Waals surface area (Å²) in [6.07, 6.45) is 1.84. The molecule has 0 rings (SSSR count). The molecule has 98 valence electrons. The van der Waals surface area contributed by atoms with Crippen molar-refractivity contribution >= 4 is 9.84 Å². The summed E-state index contributed by atoms with van der Waals surface area (Å²) in [6.45, 7) is 7.00. The molecule has 16 heavy (non-hydrogen) atoms. The van der Waals surface area contributed by atoms with E-state index in [9.17, 15) is 8.42 Å². The van der Waals surface area contributed by atoms with E-state index in [1.807, 2.05) is 6.92 Å². The van der Waals surface area contributed by atoms with Crippen molar-refractivity contribution in [2.24, 2.45) is 0 Å². The molecular formula is C11H25NO3S. The Kier molecular flexibility index (Phi) is 7.97. The van der Waals surface area contributed by atoms with Crippen LogP contribution in [0.4, 0.5) is 0 Å². The highest BCUT2D eigenvalue weighted by molar-refractivity contribution is 7.92. The maximum absolute atomic E-state index is 11.9. The fraction of sp³-hybridized carbons (Fsp3) is 1.00. The van der Waals surface area contributed by atoms with Crippen molar-refractivity contribution in [1.29, 1.82) is 0 Å². The van der Waals surface area contributed by atoms with Crippen molar-refractivity contribution in [2.45, 2.75) is 44.9 Å². The van der Waals surface area contributed by atoms with Gasteiger partial charge in [0.15, 0.2) is 9.84 Å². The number of sulfone groups is 1. The van der Waals surface area contributed by atoms with Crippen molar-refractivity contribution in [3.63, 3.8) is 0 Å². The van der Waals surface area contributed by atoms with Crippen LogP contribution in [0.15, 0.2) is 0 Å². The van der Waals surface area contributed by atoms with Gasteiger partial charge >= 0.3 is 0 Å². The zero-order valence-electron chi connectivity index (χ0n) is 10.8. The van der Waals surface area contributed by atoms with Crippen molar-refractivity contribution < 1.29 is 13.2 Å². The van der Waals surface area contributed by atoms with Gasteiger partial charge in [-0.05, 0) is 26.3 Å². The summed E-state index contributed by atoms with van der Waals surface area (Å²) in [7, 11) is -1.53. The van der Waals surface area contributed by atoms with Gasteiger partial charge in [0.05, 0.1) is 17.6 Å². The molecule has 0 spiro atoms. The van der Waals surface area contributed by atoms with Crippen LogP contribution in [-0.2, 0) is 14.6 Å². The average Bonchev–Trinajstić information content (AvgIpc) is 2.27. The normalized spacial score (nSPS) is 16.0. The van der Waals surface area contributed by atoms with Gasteiger partial charge in [-0.25, -0.2) is 8.42 Å². The fourth-order valence-corrected chi connectivity index (χ4v) is 3.17. The molecule has 1 N–H and O–H groups in total. The number of methoxy groups -OCH3 is 1. The van der Waals surface area contributed by atoms with Crippen LogP contribution < -0.4 is 5.32 Å². The summed E-state index contributed by atoms with van der Waals surface area (Å²) in [5.41, 5.74) is 0. The van der Waals surface area contributed by atoms with E-state index < -0.39 is 9.84 Å². The van der Waals surface area contributed by atoms with Gasteiger partial charge in [-0.15, -0.1) is 0 Å². The molecule has 0 aromatic carbocycles. The molecule has 0 saturated heterocycles. The van der Waals surface area contributed by atoms with Gasteiger partial charge in [0.1, 0.15) is 0 Å². The fourth-order valence-electron chi connectivity index (χ4n) is 1.61. The molecule has 0 heterocycles. The van der Waals surface area contributed by atoms with Crippen LogP contribution in [0.25, 0.3) is 0 Å². The van der Waals surface area contributed by atoms with Gasteiger partial charge in [0.25, 0.3) is 0 Å². The number of ether oxygens (including phenoxy) is 1. The van der Waals surface area contributed by atoms with Crippen molar-refractivity contribution in [3.05, 3.63) is 0 Å². The van der Waals surface area contributed by atoms with E-state index in [4.69, 9.17) is 4.74 Å². The number of rotatable bonds is 9. The molecule has 0 aromatic rings. The highest BCUT2D eigenvalue weighted by Crippen LogP contribution is 2.10. The predicted molar refractivity (Wildman–Crippen MR) is 67.5 cm³/mol. The van der Waals surface area contributed by atoms with Crippen LogP contribution in [0.1, 0.15) is 33.6 Å². The van der Waals surface area contributed by atoms with E-state index in [-0.39, 0.29) is 23.7 Å². The van der Waals surface area contributed by atoms with Gasteiger partial charge in [0, 0.05) is 13.2 Å². The average molecular weight is 251 g/mol. The van der Waals surface area contributed by atoms with E-state index in [1.165, 1.54) is 7.11 Å². The molecule has 0 bridgehead atoms. The quantitative estimate of drug-likeness (QED) is 0.669. The van der Waals surface area contributed by atoms with E-state index in [1.54, 1.807) is 6.92 Å². The van der Waals surface area contributed by atoms with Crippen molar-refractivity contribution in [2.75, 3.05) is 26.0 Å². The lowest BCUT2D eigenvalue weighted by molar-refractivity contribution is 0.216. The first-order valence-corrected chi connectivity index (χ1v) is 7.65. The molecule has 5 heteroatoms. The van der Waals surface area contributed by atoms with Crippen molar-refractivity contribution in [1.82, 2.24) is 5.32 Å². The lowest BCUT2D eigenvalue weighted by Crippen LogP contribution is -2.43. The maximum atomic E-state index is 11.9. The smallest absolute Gasteiger partial charge is 0.156 e. The third-order valence-electron chi connectivity index (χ3n) is 2.80. The third-order valence-corrected chi connectivity index (χ3v) is 5.00. The Balaban J connectivity index is 4.41. The monoisotopic (exact) mass is 251 g/mol. The minimum atomic E-state index is -3.05. The van der Waals surface area contributed by atoms with Crippen LogP contribution in [0, 0.1) is 0 Å². The summed E-state index contributed by atoms with van der Waals surface area (Å²) >= 11 is 0. The molecule has 0 aliphatic carbocycles. The molecule has 0 saturated carbocycles. The zero-order valence-corrected chi connectivity index (χ0v) is 11.6. The Morgan fingerprint density at radius 1 is 1.31 bits per heavy atom. The molecular weight excluding hydrogens is 226 g/mol. The first kappa shape index (κ1) is 15.9. The number of hydrogen-bond donors (Lipinski definition) is 1. The minimum Gasteiger partial charge on any atom is -0.384 e. The standard InChI is InChI=1S/C11H25NO3S/c1-5-7-12-11(6-2)10(3)16(13,14)9-8-15-4/h10-12H,5-9H2,1-4H3. The Hall–Kier alpha value is -0.130. The van der Waals surface area contributed by atoms with Crippen LogP contribution in [0.3, 0.4) is 0 Å². The maximum Gasteiger partial charge on any atom is 0.156 e. The molecule has 0 amide bonds. The predicted octanol–water partition coefficient (Wildman–Crippen LogP) is 1.21.